The molecule has 0 saturated heterocycles. The van der Waals surface area contributed by atoms with E-state index in [1.165, 1.54) is 0 Å². The fourth-order valence-corrected chi connectivity index (χ4v) is 0.625. The Labute approximate surface area is 82.2 Å². The van der Waals surface area contributed by atoms with Crippen LogP contribution in [0.25, 0.3) is 0 Å². The minimum atomic E-state index is 0.0249. The number of hydrogen-bond donors (Lipinski definition) is 1. The summed E-state index contributed by atoms with van der Waals surface area (Å²) in [6.07, 6.45) is 0. The number of nitrogens with zero attached hydrogens (tertiary/aromatic N) is 1. The number of oxime groups is 1. The van der Waals surface area contributed by atoms with Crippen molar-refractivity contribution in [2.45, 2.75) is 0 Å². The predicted octanol–water partition coefficient (Wildman–Crippen LogP) is 0.693. The fraction of sp³-hybridized carbons (Fsp3) is 0.857. The Bertz CT molecular complexity index is 142. The number of halogens is 1. The molecule has 0 aliphatic heterocycles. The third-order valence-electron chi connectivity index (χ3n) is 1.13. The van der Waals surface area contributed by atoms with E-state index in [9.17, 15) is 0 Å². The van der Waals surface area contributed by atoms with Crippen molar-refractivity contribution in [3.8, 4) is 0 Å². The summed E-state index contributed by atoms with van der Waals surface area (Å²) in [6, 6.07) is 0. The maximum atomic E-state index is 8.14. The number of hydrogen-bond acceptors (Lipinski definition) is 5. The minimum Gasteiger partial charge on any atom is -0.410 e. The first kappa shape index (κ1) is 12.6. The molecule has 0 radical (unpaired) electrons. The van der Waals surface area contributed by atoms with Crippen molar-refractivity contribution in [1.82, 2.24) is 0 Å². The van der Waals surface area contributed by atoms with E-state index in [1.807, 2.05) is 0 Å². The van der Waals surface area contributed by atoms with Crippen LogP contribution in [0.2, 0.25) is 0 Å². The van der Waals surface area contributed by atoms with Crippen LogP contribution in [0.5, 0.6) is 0 Å². The van der Waals surface area contributed by atoms with Crippen molar-refractivity contribution in [3.63, 3.8) is 0 Å². The Morgan fingerprint density at radius 3 is 2.46 bits per heavy atom. The molecule has 0 rings (SSSR count). The van der Waals surface area contributed by atoms with Gasteiger partial charge in [0, 0.05) is 7.11 Å². The molecule has 78 valence electrons. The SMILES string of the molecule is COCCOCCOC/C(Cl)=N\O. The molecule has 0 spiro atoms. The molecule has 0 aromatic rings. The zero-order valence-electron chi connectivity index (χ0n) is 7.53. The topological polar surface area (TPSA) is 60.3 Å². The Kier molecular flexibility index (Phi) is 9.46. The summed E-state index contributed by atoms with van der Waals surface area (Å²) in [6.45, 7) is 2.10. The van der Waals surface area contributed by atoms with Crippen LogP contribution < -0.4 is 0 Å². The molecule has 6 heteroatoms. The molecule has 0 fully saturated rings. The summed E-state index contributed by atoms with van der Waals surface area (Å²) in [4.78, 5) is 0. The van der Waals surface area contributed by atoms with E-state index in [-0.39, 0.29) is 11.8 Å². The molecule has 0 aliphatic carbocycles. The van der Waals surface area contributed by atoms with Gasteiger partial charge in [-0.05, 0) is 0 Å². The zero-order valence-corrected chi connectivity index (χ0v) is 8.29. The highest BCUT2D eigenvalue weighted by Gasteiger charge is 1.94. The van der Waals surface area contributed by atoms with Crippen LogP contribution in [-0.4, -0.2) is 50.5 Å². The van der Waals surface area contributed by atoms with E-state index >= 15 is 0 Å². The highest BCUT2D eigenvalue weighted by atomic mass is 35.5. The van der Waals surface area contributed by atoms with E-state index in [2.05, 4.69) is 5.16 Å². The average molecular weight is 212 g/mol. The minimum absolute atomic E-state index is 0.0249. The van der Waals surface area contributed by atoms with E-state index in [1.54, 1.807) is 7.11 Å². The lowest BCUT2D eigenvalue weighted by Crippen LogP contribution is -2.10. The molecular formula is C7H14ClNO4. The quantitative estimate of drug-likeness (QED) is 0.278. The predicted molar refractivity (Wildman–Crippen MR) is 48.6 cm³/mol. The van der Waals surface area contributed by atoms with Crippen molar-refractivity contribution >= 4 is 16.8 Å². The van der Waals surface area contributed by atoms with Crippen molar-refractivity contribution in [2.75, 3.05) is 40.1 Å². The fourth-order valence-electron chi connectivity index (χ4n) is 0.547. The van der Waals surface area contributed by atoms with Gasteiger partial charge in [-0.25, -0.2) is 0 Å². The smallest absolute Gasteiger partial charge is 0.170 e. The van der Waals surface area contributed by atoms with Gasteiger partial charge in [-0.3, -0.25) is 0 Å². The van der Waals surface area contributed by atoms with Gasteiger partial charge in [0.05, 0.1) is 26.4 Å². The highest BCUT2D eigenvalue weighted by molar-refractivity contribution is 6.65. The molecule has 0 aromatic carbocycles. The summed E-state index contributed by atoms with van der Waals surface area (Å²) in [5.41, 5.74) is 0. The lowest BCUT2D eigenvalue weighted by Gasteiger charge is -2.03. The third-order valence-corrected chi connectivity index (χ3v) is 1.32. The second-order valence-electron chi connectivity index (χ2n) is 2.13. The second-order valence-corrected chi connectivity index (χ2v) is 2.57. The second kappa shape index (κ2) is 9.73. The first-order chi connectivity index (χ1) is 6.31. The molecule has 0 bridgehead atoms. The van der Waals surface area contributed by atoms with Crippen LogP contribution >= 0.6 is 11.6 Å². The van der Waals surface area contributed by atoms with E-state index in [4.69, 9.17) is 31.0 Å². The Morgan fingerprint density at radius 2 is 1.85 bits per heavy atom. The lowest BCUT2D eigenvalue weighted by atomic mass is 10.7. The number of ether oxygens (including phenoxy) is 3. The Hall–Kier alpha value is -0.360. The molecule has 0 amide bonds. The summed E-state index contributed by atoms with van der Waals surface area (Å²) >= 11 is 5.34. The largest absolute Gasteiger partial charge is 0.410 e. The zero-order chi connectivity index (χ0) is 9.94. The standard InChI is InChI=1S/C7H14ClNO4/c1-11-2-3-12-4-5-13-6-7(8)9-10/h10H,2-6H2,1H3/b9-7+. The van der Waals surface area contributed by atoms with Crippen molar-refractivity contribution in [3.05, 3.63) is 0 Å². The Morgan fingerprint density at radius 1 is 1.23 bits per heavy atom. The van der Waals surface area contributed by atoms with Gasteiger partial charge in [0.15, 0.2) is 5.17 Å². The van der Waals surface area contributed by atoms with Gasteiger partial charge < -0.3 is 19.4 Å². The van der Waals surface area contributed by atoms with Gasteiger partial charge in [0.2, 0.25) is 0 Å². The van der Waals surface area contributed by atoms with Crippen molar-refractivity contribution in [1.29, 1.82) is 0 Å². The van der Waals surface area contributed by atoms with Gasteiger partial charge in [0.25, 0.3) is 0 Å². The van der Waals surface area contributed by atoms with E-state index in [0.717, 1.165) is 0 Å². The molecular weight excluding hydrogens is 198 g/mol. The molecule has 0 atom stereocenters. The van der Waals surface area contributed by atoms with Crippen LogP contribution in [0.1, 0.15) is 0 Å². The maximum absolute atomic E-state index is 8.14. The normalized spacial score (nSPS) is 12.0. The van der Waals surface area contributed by atoms with Crippen LogP contribution in [0.3, 0.4) is 0 Å². The van der Waals surface area contributed by atoms with Crippen LogP contribution in [-0.2, 0) is 14.2 Å². The summed E-state index contributed by atoms with van der Waals surface area (Å²) in [5.74, 6) is 0. The first-order valence-electron chi connectivity index (χ1n) is 3.82. The van der Waals surface area contributed by atoms with Crippen LogP contribution in [0.15, 0.2) is 5.16 Å². The highest BCUT2D eigenvalue weighted by Crippen LogP contribution is 1.86. The van der Waals surface area contributed by atoms with Gasteiger partial charge in [-0.2, -0.15) is 0 Å². The maximum Gasteiger partial charge on any atom is 0.170 e. The molecule has 0 heterocycles. The summed E-state index contributed by atoms with van der Waals surface area (Å²) in [5, 5.41) is 10.9. The van der Waals surface area contributed by atoms with Crippen molar-refractivity contribution in [2.24, 2.45) is 5.16 Å². The van der Waals surface area contributed by atoms with E-state index < -0.39 is 0 Å². The molecule has 0 unspecified atom stereocenters. The summed E-state index contributed by atoms with van der Waals surface area (Å²) in [7, 11) is 1.61. The molecule has 0 saturated carbocycles. The first-order valence-corrected chi connectivity index (χ1v) is 4.20. The van der Waals surface area contributed by atoms with Gasteiger partial charge in [-0.15, -0.1) is 0 Å². The third kappa shape index (κ3) is 9.55. The van der Waals surface area contributed by atoms with Gasteiger partial charge in [-0.1, -0.05) is 16.8 Å². The molecule has 0 aromatic heterocycles. The van der Waals surface area contributed by atoms with Crippen LogP contribution in [0.4, 0.5) is 0 Å². The monoisotopic (exact) mass is 211 g/mol. The molecule has 5 nitrogen and oxygen atoms in total. The van der Waals surface area contributed by atoms with Gasteiger partial charge >= 0.3 is 0 Å². The average Bonchev–Trinajstić information content (AvgIpc) is 2.16. The molecule has 1 N–H and O–H groups in total. The lowest BCUT2D eigenvalue weighted by molar-refractivity contribution is 0.0334. The number of methoxy groups -OCH3 is 1. The van der Waals surface area contributed by atoms with Crippen LogP contribution in [0, 0.1) is 0 Å². The van der Waals surface area contributed by atoms with E-state index in [0.29, 0.717) is 26.4 Å². The molecule has 13 heavy (non-hydrogen) atoms. The van der Waals surface area contributed by atoms with Crippen molar-refractivity contribution < 1.29 is 19.4 Å². The number of rotatable bonds is 8. The van der Waals surface area contributed by atoms with Gasteiger partial charge in [0.1, 0.15) is 6.61 Å². The Balaban J connectivity index is 3.00. The summed E-state index contributed by atoms with van der Waals surface area (Å²) < 4.78 is 14.8. The molecule has 0 aliphatic rings.